The van der Waals surface area contributed by atoms with Crippen molar-refractivity contribution in [3.63, 3.8) is 0 Å². The maximum atomic E-state index is 12.1. The van der Waals surface area contributed by atoms with Gasteiger partial charge in [0.15, 0.2) is 0 Å². The van der Waals surface area contributed by atoms with Crippen LogP contribution in [0.2, 0.25) is 0 Å². The summed E-state index contributed by atoms with van der Waals surface area (Å²) in [4.78, 5) is 23.9. The Morgan fingerprint density at radius 2 is 1.94 bits per heavy atom. The van der Waals surface area contributed by atoms with Crippen LogP contribution in [0.15, 0.2) is 30.3 Å². The molecule has 2 rings (SSSR count). The lowest BCUT2D eigenvalue weighted by Gasteiger charge is -2.20. The Labute approximate surface area is 122 Å². The molecule has 1 saturated heterocycles. The van der Waals surface area contributed by atoms with Crippen molar-refractivity contribution >= 4 is 43.9 Å². The number of amides is 2. The molecular weight excluding hydrogens is 366 g/mol. The second kappa shape index (κ2) is 5.84. The summed E-state index contributed by atoms with van der Waals surface area (Å²) in [5.74, 6) is -0.289. The fourth-order valence-corrected chi connectivity index (χ4v) is 2.76. The maximum Gasteiger partial charge on any atom is 0.416 e. The van der Waals surface area contributed by atoms with Crippen LogP contribution in [0.4, 0.5) is 4.79 Å². The summed E-state index contributed by atoms with van der Waals surface area (Å²) in [5.41, 5.74) is 0.972. The monoisotopic (exact) mass is 375 g/mol. The van der Waals surface area contributed by atoms with E-state index < -0.39 is 10.9 Å². The number of carbonyl (C=O) groups is 2. The summed E-state index contributed by atoms with van der Waals surface area (Å²) in [6, 6.07) is 9.55. The molecule has 1 aromatic carbocycles. The lowest BCUT2D eigenvalue weighted by molar-refractivity contribution is -0.127. The molecule has 96 valence electrons. The number of hydrogen-bond donors (Lipinski definition) is 0. The van der Waals surface area contributed by atoms with E-state index in [-0.39, 0.29) is 17.3 Å². The average Bonchev–Trinajstić information content (AvgIpc) is 2.83. The zero-order valence-electron chi connectivity index (χ0n) is 9.38. The molecular formula is C12H11Br2NO3. The molecule has 4 nitrogen and oxygen atoms in total. The molecule has 0 N–H and O–H groups in total. The highest BCUT2D eigenvalue weighted by atomic mass is 79.9. The van der Waals surface area contributed by atoms with E-state index in [1.54, 1.807) is 0 Å². The van der Waals surface area contributed by atoms with Gasteiger partial charge in [-0.25, -0.2) is 9.69 Å². The van der Waals surface area contributed by atoms with Gasteiger partial charge in [0.1, 0.15) is 11.4 Å². The Kier molecular flexibility index (Phi) is 4.40. The van der Waals surface area contributed by atoms with Crippen molar-refractivity contribution in [1.82, 2.24) is 4.90 Å². The minimum Gasteiger partial charge on any atom is -0.447 e. The van der Waals surface area contributed by atoms with E-state index in [0.717, 1.165) is 10.5 Å². The van der Waals surface area contributed by atoms with E-state index in [1.807, 2.05) is 30.3 Å². The van der Waals surface area contributed by atoms with Gasteiger partial charge in [-0.3, -0.25) is 4.79 Å². The zero-order valence-corrected chi connectivity index (χ0v) is 12.6. The Hall–Kier alpha value is -0.880. The van der Waals surface area contributed by atoms with Crippen LogP contribution < -0.4 is 0 Å². The van der Waals surface area contributed by atoms with Crippen molar-refractivity contribution in [2.24, 2.45) is 0 Å². The van der Waals surface area contributed by atoms with Gasteiger partial charge in [-0.1, -0.05) is 62.2 Å². The number of imide groups is 1. The van der Waals surface area contributed by atoms with Gasteiger partial charge in [0.05, 0.1) is 11.4 Å². The van der Waals surface area contributed by atoms with Crippen LogP contribution in [0, 0.1) is 0 Å². The van der Waals surface area contributed by atoms with E-state index in [0.29, 0.717) is 6.54 Å². The predicted molar refractivity (Wildman–Crippen MR) is 73.9 cm³/mol. The van der Waals surface area contributed by atoms with Crippen LogP contribution in [0.5, 0.6) is 0 Å². The molecule has 0 saturated carbocycles. The van der Waals surface area contributed by atoms with Gasteiger partial charge in [0.2, 0.25) is 5.91 Å². The minimum atomic E-state index is -0.572. The first kappa shape index (κ1) is 13.5. The first-order chi connectivity index (χ1) is 8.61. The number of benzene rings is 1. The van der Waals surface area contributed by atoms with Crippen molar-refractivity contribution < 1.29 is 14.3 Å². The summed E-state index contributed by atoms with van der Waals surface area (Å²) in [5, 5.41) is 0. The first-order valence-electron chi connectivity index (χ1n) is 5.42. The molecule has 1 aliphatic heterocycles. The molecule has 1 aliphatic rings. The number of rotatable bonds is 3. The van der Waals surface area contributed by atoms with Crippen LogP contribution in [0.3, 0.4) is 0 Å². The lowest BCUT2D eigenvalue weighted by Crippen LogP contribution is -2.38. The molecule has 0 unspecified atom stereocenters. The molecule has 2 atom stereocenters. The quantitative estimate of drug-likeness (QED) is 0.762. The SMILES string of the molecule is O=C1OCCN1C(=O)[C@@H](Br)[C@@H](Br)c1ccccc1. The zero-order chi connectivity index (χ0) is 13.1. The summed E-state index contributed by atoms with van der Waals surface area (Å²) in [6.45, 7) is 0.580. The van der Waals surface area contributed by atoms with E-state index in [4.69, 9.17) is 4.74 Å². The topological polar surface area (TPSA) is 46.6 Å². The second-order valence-corrected chi connectivity index (χ2v) is 5.79. The summed E-state index contributed by atoms with van der Waals surface area (Å²) in [6.07, 6.45) is -0.572. The number of ether oxygens (including phenoxy) is 1. The maximum absolute atomic E-state index is 12.1. The highest BCUT2D eigenvalue weighted by Crippen LogP contribution is 2.32. The lowest BCUT2D eigenvalue weighted by atomic mass is 10.1. The van der Waals surface area contributed by atoms with E-state index in [2.05, 4.69) is 31.9 Å². The predicted octanol–water partition coefficient (Wildman–Crippen LogP) is 2.86. The Balaban J connectivity index is 2.09. The summed E-state index contributed by atoms with van der Waals surface area (Å²) in [7, 11) is 0. The van der Waals surface area contributed by atoms with Crippen LogP contribution in [-0.4, -0.2) is 34.9 Å². The standard InChI is InChI=1S/C12H11Br2NO3/c13-9(8-4-2-1-3-5-8)10(14)11(16)15-6-7-18-12(15)17/h1-5,9-10H,6-7H2/t9-,10-/m0/s1. The molecule has 1 aromatic rings. The van der Waals surface area contributed by atoms with Crippen molar-refractivity contribution in [3.05, 3.63) is 35.9 Å². The molecule has 6 heteroatoms. The van der Waals surface area contributed by atoms with Crippen molar-refractivity contribution in [2.75, 3.05) is 13.2 Å². The van der Waals surface area contributed by atoms with Gasteiger partial charge in [-0.05, 0) is 5.56 Å². The van der Waals surface area contributed by atoms with E-state index >= 15 is 0 Å². The van der Waals surface area contributed by atoms with Gasteiger partial charge >= 0.3 is 6.09 Å². The third-order valence-electron chi connectivity index (χ3n) is 2.64. The van der Waals surface area contributed by atoms with Gasteiger partial charge in [-0.2, -0.15) is 0 Å². The highest BCUT2D eigenvalue weighted by molar-refractivity contribution is 9.12. The third-order valence-corrected chi connectivity index (χ3v) is 5.32. The third kappa shape index (κ3) is 2.75. The van der Waals surface area contributed by atoms with Gasteiger partial charge in [0.25, 0.3) is 0 Å². The number of carbonyl (C=O) groups excluding carboxylic acids is 2. The molecule has 0 radical (unpaired) electrons. The fraction of sp³-hybridized carbons (Fsp3) is 0.333. The van der Waals surface area contributed by atoms with Crippen molar-refractivity contribution in [2.45, 2.75) is 9.65 Å². The molecule has 1 heterocycles. The van der Waals surface area contributed by atoms with Crippen LogP contribution >= 0.6 is 31.9 Å². The first-order valence-corrected chi connectivity index (χ1v) is 7.25. The van der Waals surface area contributed by atoms with Crippen LogP contribution in [0.1, 0.15) is 10.4 Å². The van der Waals surface area contributed by atoms with Crippen molar-refractivity contribution in [1.29, 1.82) is 0 Å². The van der Waals surface area contributed by atoms with Crippen LogP contribution in [-0.2, 0) is 9.53 Å². The summed E-state index contributed by atoms with van der Waals surface area (Å²) >= 11 is 6.81. The van der Waals surface area contributed by atoms with Gasteiger partial charge in [-0.15, -0.1) is 0 Å². The summed E-state index contributed by atoms with van der Waals surface area (Å²) < 4.78 is 4.75. The molecule has 0 aromatic heterocycles. The van der Waals surface area contributed by atoms with Gasteiger partial charge < -0.3 is 4.74 Å². The average molecular weight is 377 g/mol. The normalized spacial score (nSPS) is 18.3. The van der Waals surface area contributed by atoms with E-state index in [9.17, 15) is 9.59 Å². The molecule has 0 spiro atoms. The highest BCUT2D eigenvalue weighted by Gasteiger charge is 2.35. The largest absolute Gasteiger partial charge is 0.447 e. The van der Waals surface area contributed by atoms with Crippen molar-refractivity contribution in [3.8, 4) is 0 Å². The number of nitrogens with zero attached hydrogens (tertiary/aromatic N) is 1. The Morgan fingerprint density at radius 3 is 2.50 bits per heavy atom. The molecule has 0 bridgehead atoms. The van der Waals surface area contributed by atoms with E-state index in [1.165, 1.54) is 0 Å². The minimum absolute atomic E-state index is 0.195. The fourth-order valence-electron chi connectivity index (χ4n) is 1.67. The Bertz CT molecular complexity index is 452. The van der Waals surface area contributed by atoms with Gasteiger partial charge in [0, 0.05) is 0 Å². The second-order valence-electron chi connectivity index (χ2n) is 3.82. The number of halogens is 2. The molecule has 0 aliphatic carbocycles. The molecule has 1 fully saturated rings. The molecule has 2 amide bonds. The number of hydrogen-bond acceptors (Lipinski definition) is 3. The number of alkyl halides is 2. The van der Waals surface area contributed by atoms with Crippen LogP contribution in [0.25, 0.3) is 0 Å². The number of cyclic esters (lactones) is 1. The smallest absolute Gasteiger partial charge is 0.416 e. The Morgan fingerprint density at radius 1 is 1.28 bits per heavy atom. The molecule has 18 heavy (non-hydrogen) atoms.